The van der Waals surface area contributed by atoms with Gasteiger partial charge < -0.3 is 5.73 Å². The normalized spacial score (nSPS) is 31.1. The van der Waals surface area contributed by atoms with E-state index in [4.69, 9.17) is 5.73 Å². The average molecular weight is 406 g/mol. The molecule has 4 bridgehead atoms. The molecule has 29 heavy (non-hydrogen) atoms. The zero-order valence-corrected chi connectivity index (χ0v) is 16.2. The van der Waals surface area contributed by atoms with Gasteiger partial charge in [-0.15, -0.1) is 0 Å². The van der Waals surface area contributed by atoms with E-state index in [1.54, 1.807) is 33.7 Å². The third kappa shape index (κ3) is 3.31. The van der Waals surface area contributed by atoms with Crippen LogP contribution in [0.25, 0.3) is 5.52 Å². The molecule has 2 aromatic rings. The highest BCUT2D eigenvalue weighted by molar-refractivity contribution is 5.90. The quantitative estimate of drug-likeness (QED) is 0.822. The van der Waals surface area contributed by atoms with E-state index in [0.29, 0.717) is 29.0 Å². The van der Waals surface area contributed by atoms with Crippen LogP contribution in [0.4, 0.5) is 13.2 Å². The molecule has 4 saturated carbocycles. The number of rotatable bonds is 5. The van der Waals surface area contributed by atoms with Gasteiger partial charge in [-0.25, -0.2) is 4.98 Å². The maximum Gasteiger partial charge on any atom is 0.401 e. The number of aromatic nitrogens is 2. The van der Waals surface area contributed by atoms with Crippen molar-refractivity contribution in [3.05, 3.63) is 35.9 Å². The van der Waals surface area contributed by atoms with Crippen molar-refractivity contribution in [2.45, 2.75) is 56.8 Å². The van der Waals surface area contributed by atoms with Crippen LogP contribution in [0.5, 0.6) is 0 Å². The number of imidazole rings is 1. The van der Waals surface area contributed by atoms with Crippen molar-refractivity contribution in [1.82, 2.24) is 14.3 Å². The summed E-state index contributed by atoms with van der Waals surface area (Å²) >= 11 is 0. The summed E-state index contributed by atoms with van der Waals surface area (Å²) in [6.45, 7) is -0.872. The Morgan fingerprint density at radius 3 is 2.34 bits per heavy atom. The van der Waals surface area contributed by atoms with Crippen LogP contribution >= 0.6 is 0 Å². The first-order chi connectivity index (χ1) is 13.7. The lowest BCUT2D eigenvalue weighted by atomic mass is 9.52. The third-order valence-electron chi connectivity index (χ3n) is 7.23. The number of amides is 1. The van der Waals surface area contributed by atoms with Gasteiger partial charge in [-0.3, -0.25) is 14.1 Å². The number of pyridine rings is 1. The van der Waals surface area contributed by atoms with Crippen LogP contribution in [0, 0.1) is 17.8 Å². The molecule has 0 atom stereocenters. The highest BCUT2D eigenvalue weighted by Crippen LogP contribution is 2.58. The van der Waals surface area contributed by atoms with Crippen LogP contribution in [0.15, 0.2) is 24.4 Å². The van der Waals surface area contributed by atoms with Crippen LogP contribution < -0.4 is 5.73 Å². The average Bonchev–Trinajstić information content (AvgIpc) is 2.98. The van der Waals surface area contributed by atoms with Gasteiger partial charge in [0, 0.05) is 18.3 Å². The molecule has 0 spiro atoms. The van der Waals surface area contributed by atoms with Crippen LogP contribution in [-0.4, -0.2) is 38.5 Å². The standard InChI is InChI=1S/C21H25F3N4O/c22-21(23,24)12-27(20-8-13-5-14(9-20)7-15(6-13)10-20)11-16-17-3-1-2-4-28(17)19(26-16)18(25)29/h1-4,13-15H,5-12H2,(H2,25,29). The zero-order valence-electron chi connectivity index (χ0n) is 16.2. The summed E-state index contributed by atoms with van der Waals surface area (Å²) < 4.78 is 42.4. The van der Waals surface area contributed by atoms with Gasteiger partial charge in [0.25, 0.3) is 5.91 Å². The third-order valence-corrected chi connectivity index (χ3v) is 7.23. The second kappa shape index (κ2) is 6.45. The Labute approximate surface area is 167 Å². The second-order valence-corrected chi connectivity index (χ2v) is 9.32. The molecule has 4 aliphatic carbocycles. The molecule has 4 aliphatic rings. The Morgan fingerprint density at radius 2 is 1.79 bits per heavy atom. The molecule has 2 N–H and O–H groups in total. The summed E-state index contributed by atoms with van der Waals surface area (Å²) in [5.74, 6) is 0.994. The monoisotopic (exact) mass is 406 g/mol. The molecule has 8 heteroatoms. The fraction of sp³-hybridized carbons (Fsp3) is 0.619. The lowest BCUT2D eigenvalue weighted by Gasteiger charge is -2.60. The number of carbonyl (C=O) groups is 1. The van der Waals surface area contributed by atoms with Gasteiger partial charge in [-0.1, -0.05) is 6.07 Å². The summed E-state index contributed by atoms with van der Waals surface area (Å²) in [7, 11) is 0. The molecule has 4 fully saturated rings. The number of alkyl halides is 3. The maximum atomic E-state index is 13.6. The Bertz CT molecular complexity index is 916. The van der Waals surface area contributed by atoms with E-state index in [9.17, 15) is 18.0 Å². The SMILES string of the molecule is NC(=O)c1nc(CN(CC(F)(F)F)C23CC4CC(CC(C4)C2)C3)c2ccccn12. The second-order valence-electron chi connectivity index (χ2n) is 9.32. The number of halogens is 3. The lowest BCUT2D eigenvalue weighted by molar-refractivity contribution is -0.183. The van der Waals surface area contributed by atoms with Crippen molar-refractivity contribution in [2.75, 3.05) is 6.54 Å². The zero-order chi connectivity index (χ0) is 20.4. The maximum absolute atomic E-state index is 13.6. The lowest BCUT2D eigenvalue weighted by Crippen LogP contribution is -2.61. The Hall–Kier alpha value is -2.09. The number of hydrogen-bond acceptors (Lipinski definition) is 3. The van der Waals surface area contributed by atoms with Crippen molar-refractivity contribution in [1.29, 1.82) is 0 Å². The van der Waals surface area contributed by atoms with Crippen LogP contribution in [0.1, 0.15) is 54.8 Å². The molecular formula is C21H25F3N4O. The molecule has 156 valence electrons. The summed E-state index contributed by atoms with van der Waals surface area (Å²) in [4.78, 5) is 17.8. The van der Waals surface area contributed by atoms with E-state index in [2.05, 4.69) is 4.98 Å². The predicted molar refractivity (Wildman–Crippen MR) is 101 cm³/mol. The minimum absolute atomic E-state index is 0.0630. The summed E-state index contributed by atoms with van der Waals surface area (Å²) in [6.07, 6.45) is 3.39. The smallest absolute Gasteiger partial charge is 0.363 e. The van der Waals surface area contributed by atoms with Gasteiger partial charge in [-0.2, -0.15) is 13.2 Å². The van der Waals surface area contributed by atoms with Crippen LogP contribution in [-0.2, 0) is 6.54 Å². The van der Waals surface area contributed by atoms with E-state index in [0.717, 1.165) is 38.5 Å². The van der Waals surface area contributed by atoms with E-state index in [-0.39, 0.29) is 12.4 Å². The van der Waals surface area contributed by atoms with Crippen molar-refractivity contribution >= 4 is 11.4 Å². The minimum atomic E-state index is -4.29. The van der Waals surface area contributed by atoms with Crippen molar-refractivity contribution < 1.29 is 18.0 Å². The first-order valence-electron chi connectivity index (χ1n) is 10.3. The van der Waals surface area contributed by atoms with Gasteiger partial charge in [-0.05, 0) is 68.4 Å². The molecule has 1 amide bonds. The minimum Gasteiger partial charge on any atom is -0.363 e. The van der Waals surface area contributed by atoms with E-state index >= 15 is 0 Å². The molecule has 6 rings (SSSR count). The highest BCUT2D eigenvalue weighted by atomic mass is 19.4. The number of primary amides is 1. The predicted octanol–water partition coefficient (Wildman–Crippen LogP) is 3.77. The molecule has 0 radical (unpaired) electrons. The molecule has 2 aromatic heterocycles. The molecule has 0 aromatic carbocycles. The molecule has 5 nitrogen and oxygen atoms in total. The Morgan fingerprint density at radius 1 is 1.17 bits per heavy atom. The molecule has 0 unspecified atom stereocenters. The Kier molecular flexibility index (Phi) is 4.21. The molecule has 0 saturated heterocycles. The van der Waals surface area contributed by atoms with Crippen LogP contribution in [0.2, 0.25) is 0 Å². The van der Waals surface area contributed by atoms with Gasteiger partial charge in [0.05, 0.1) is 17.8 Å². The fourth-order valence-electron chi connectivity index (χ4n) is 6.63. The Balaban J connectivity index is 1.54. The number of nitrogens with zero attached hydrogens (tertiary/aromatic N) is 3. The molecule has 2 heterocycles. The first kappa shape index (κ1) is 18.9. The topological polar surface area (TPSA) is 63.6 Å². The van der Waals surface area contributed by atoms with Crippen molar-refractivity contribution in [2.24, 2.45) is 23.5 Å². The van der Waals surface area contributed by atoms with Crippen molar-refractivity contribution in [3.8, 4) is 0 Å². The van der Waals surface area contributed by atoms with Gasteiger partial charge in [0.2, 0.25) is 5.82 Å². The van der Waals surface area contributed by atoms with E-state index in [1.807, 2.05) is 0 Å². The first-order valence-corrected chi connectivity index (χ1v) is 10.3. The number of hydrogen-bond donors (Lipinski definition) is 1. The summed E-state index contributed by atoms with van der Waals surface area (Å²) in [5, 5.41) is 0. The summed E-state index contributed by atoms with van der Waals surface area (Å²) in [6, 6.07) is 5.32. The van der Waals surface area contributed by atoms with Gasteiger partial charge in [0.1, 0.15) is 0 Å². The number of nitrogens with two attached hydrogens (primary N) is 1. The molecule has 0 aliphatic heterocycles. The molecular weight excluding hydrogens is 381 g/mol. The summed E-state index contributed by atoms with van der Waals surface area (Å²) in [5.41, 5.74) is 6.16. The van der Waals surface area contributed by atoms with E-state index in [1.165, 1.54) is 0 Å². The largest absolute Gasteiger partial charge is 0.401 e. The van der Waals surface area contributed by atoms with Crippen LogP contribution in [0.3, 0.4) is 0 Å². The van der Waals surface area contributed by atoms with Crippen molar-refractivity contribution in [3.63, 3.8) is 0 Å². The van der Waals surface area contributed by atoms with Gasteiger partial charge in [0.15, 0.2) is 0 Å². The number of fused-ring (bicyclic) bond motifs is 1. The highest BCUT2D eigenvalue weighted by Gasteiger charge is 2.55. The number of carbonyl (C=O) groups excluding carboxylic acids is 1. The van der Waals surface area contributed by atoms with Gasteiger partial charge >= 0.3 is 6.18 Å². The van der Waals surface area contributed by atoms with E-state index < -0.39 is 24.2 Å². The fourth-order valence-corrected chi connectivity index (χ4v) is 6.63.